The third kappa shape index (κ3) is 2.11. The first-order valence-corrected chi connectivity index (χ1v) is 6.50. The lowest BCUT2D eigenvalue weighted by Gasteiger charge is -2.15. The monoisotopic (exact) mass is 270 g/mol. The number of hydrogen-bond acceptors (Lipinski definition) is 4. The van der Waals surface area contributed by atoms with Gasteiger partial charge in [0, 0.05) is 12.5 Å². The van der Waals surface area contributed by atoms with Gasteiger partial charge in [0.2, 0.25) is 0 Å². The van der Waals surface area contributed by atoms with Crippen LogP contribution in [0.1, 0.15) is 28.9 Å². The number of ether oxygens (including phenoxy) is 1. The van der Waals surface area contributed by atoms with E-state index in [0.717, 1.165) is 18.4 Å². The molecular formula is C15H14N2O3. The predicted molar refractivity (Wildman–Crippen MR) is 73.7 cm³/mol. The van der Waals surface area contributed by atoms with Gasteiger partial charge in [0.1, 0.15) is 11.4 Å². The fraction of sp³-hybridized carbons (Fsp3) is 0.267. The molecule has 1 aromatic carbocycles. The number of hydrogen-bond donors (Lipinski definition) is 0. The molecule has 5 nitrogen and oxygen atoms in total. The maximum Gasteiger partial charge on any atom is 0.271 e. The zero-order valence-electron chi connectivity index (χ0n) is 11.1. The Hall–Kier alpha value is -2.43. The van der Waals surface area contributed by atoms with E-state index >= 15 is 0 Å². The highest BCUT2D eigenvalue weighted by Crippen LogP contribution is 2.19. The van der Waals surface area contributed by atoms with Crippen molar-refractivity contribution in [3.63, 3.8) is 0 Å². The molecule has 1 aliphatic carbocycles. The molecule has 0 amide bonds. The molecule has 0 N–H and O–H groups in total. The van der Waals surface area contributed by atoms with Crippen molar-refractivity contribution in [2.24, 2.45) is 0 Å². The van der Waals surface area contributed by atoms with Crippen molar-refractivity contribution >= 4 is 5.78 Å². The molecule has 1 aliphatic rings. The van der Waals surface area contributed by atoms with Gasteiger partial charge in [-0.3, -0.25) is 9.59 Å². The van der Waals surface area contributed by atoms with E-state index < -0.39 is 0 Å². The van der Waals surface area contributed by atoms with Crippen LogP contribution < -0.4 is 10.3 Å². The zero-order chi connectivity index (χ0) is 14.1. The molecule has 0 saturated carbocycles. The Morgan fingerprint density at radius 2 is 1.90 bits per heavy atom. The van der Waals surface area contributed by atoms with Gasteiger partial charge in [-0.2, -0.15) is 9.78 Å². The Bertz CT molecular complexity index is 717. The van der Waals surface area contributed by atoms with E-state index in [9.17, 15) is 9.59 Å². The van der Waals surface area contributed by atoms with Crippen molar-refractivity contribution in [2.75, 3.05) is 7.11 Å². The molecule has 102 valence electrons. The molecule has 0 fully saturated rings. The summed E-state index contributed by atoms with van der Waals surface area (Å²) in [4.78, 5) is 24.0. The van der Waals surface area contributed by atoms with E-state index in [4.69, 9.17) is 4.74 Å². The van der Waals surface area contributed by atoms with Crippen LogP contribution in [0.2, 0.25) is 0 Å². The van der Waals surface area contributed by atoms with E-state index in [1.54, 1.807) is 31.4 Å². The second-order valence-electron chi connectivity index (χ2n) is 4.74. The van der Waals surface area contributed by atoms with E-state index in [1.165, 1.54) is 10.7 Å². The van der Waals surface area contributed by atoms with Gasteiger partial charge in [0.15, 0.2) is 5.78 Å². The van der Waals surface area contributed by atoms with E-state index in [-0.39, 0.29) is 11.3 Å². The first-order valence-electron chi connectivity index (χ1n) is 6.50. The summed E-state index contributed by atoms with van der Waals surface area (Å²) in [5.41, 5.74) is 1.59. The summed E-state index contributed by atoms with van der Waals surface area (Å²) in [6, 6.07) is 8.51. The van der Waals surface area contributed by atoms with Crippen molar-refractivity contribution in [3.8, 4) is 11.4 Å². The highest BCUT2D eigenvalue weighted by atomic mass is 16.5. The lowest BCUT2D eigenvalue weighted by Crippen LogP contribution is -2.27. The summed E-state index contributed by atoms with van der Waals surface area (Å²) in [7, 11) is 1.58. The van der Waals surface area contributed by atoms with Crippen LogP contribution >= 0.6 is 0 Å². The lowest BCUT2D eigenvalue weighted by atomic mass is 9.96. The first kappa shape index (κ1) is 12.6. The first-order chi connectivity index (χ1) is 9.69. The summed E-state index contributed by atoms with van der Waals surface area (Å²) >= 11 is 0. The number of methoxy groups -OCH3 is 1. The lowest BCUT2D eigenvalue weighted by molar-refractivity contribution is 0.0965. The Morgan fingerprint density at radius 3 is 2.60 bits per heavy atom. The number of fused-ring (bicyclic) bond motifs is 1. The molecule has 0 aliphatic heterocycles. The highest BCUT2D eigenvalue weighted by Gasteiger charge is 2.20. The van der Waals surface area contributed by atoms with Gasteiger partial charge in [0.25, 0.3) is 5.56 Å². The number of ketones is 1. The van der Waals surface area contributed by atoms with Crippen molar-refractivity contribution < 1.29 is 9.53 Å². The topological polar surface area (TPSA) is 61.2 Å². The summed E-state index contributed by atoms with van der Waals surface area (Å²) in [5.74, 6) is 0.712. The Morgan fingerprint density at radius 1 is 1.15 bits per heavy atom. The van der Waals surface area contributed by atoms with Crippen LogP contribution in [-0.4, -0.2) is 22.7 Å². The van der Waals surface area contributed by atoms with Gasteiger partial charge in [-0.25, -0.2) is 0 Å². The fourth-order valence-corrected chi connectivity index (χ4v) is 2.38. The molecule has 5 heteroatoms. The molecule has 1 heterocycles. The number of carbonyl (C=O) groups excluding carboxylic acids is 1. The maximum atomic E-state index is 12.1. The molecule has 0 radical (unpaired) electrons. The van der Waals surface area contributed by atoms with Gasteiger partial charge in [-0.05, 0) is 42.7 Å². The van der Waals surface area contributed by atoms with Crippen LogP contribution in [-0.2, 0) is 6.42 Å². The summed E-state index contributed by atoms with van der Waals surface area (Å²) < 4.78 is 6.35. The molecule has 0 spiro atoms. The second kappa shape index (κ2) is 4.92. The number of rotatable bonds is 2. The second-order valence-corrected chi connectivity index (χ2v) is 4.74. The van der Waals surface area contributed by atoms with Gasteiger partial charge >= 0.3 is 0 Å². The Kier molecular flexibility index (Phi) is 3.10. The summed E-state index contributed by atoms with van der Waals surface area (Å²) in [6.07, 6.45) is 2.03. The highest BCUT2D eigenvalue weighted by molar-refractivity contribution is 5.96. The zero-order valence-corrected chi connectivity index (χ0v) is 11.1. The molecule has 20 heavy (non-hydrogen) atoms. The van der Waals surface area contributed by atoms with Crippen LogP contribution in [0.3, 0.4) is 0 Å². The molecule has 1 aromatic heterocycles. The third-order valence-electron chi connectivity index (χ3n) is 3.44. The average Bonchev–Trinajstić information content (AvgIpc) is 2.47. The fourth-order valence-electron chi connectivity index (χ4n) is 2.38. The Labute approximate surface area is 115 Å². The normalized spacial score (nSPS) is 13.9. The predicted octanol–water partition coefficient (Wildman–Crippen LogP) is 1.76. The van der Waals surface area contributed by atoms with E-state index in [2.05, 4.69) is 5.10 Å². The summed E-state index contributed by atoms with van der Waals surface area (Å²) in [5, 5.41) is 4.23. The van der Waals surface area contributed by atoms with Crippen LogP contribution in [0, 0.1) is 0 Å². The Balaban J connectivity index is 2.11. The number of carbonyl (C=O) groups is 1. The van der Waals surface area contributed by atoms with Crippen molar-refractivity contribution in [3.05, 3.63) is 51.9 Å². The standard InChI is InChI=1S/C15H14N2O3/c1-20-12-7-5-11(6-8-12)17-14(19)9-10-3-2-4-13(18)15(10)16-17/h5-9H,2-4H2,1H3. The molecule has 0 atom stereocenters. The SMILES string of the molecule is COc1ccc(-n2nc3c(cc2=O)CCCC3=O)cc1. The van der Waals surface area contributed by atoms with E-state index in [1.807, 2.05) is 0 Å². The molecule has 0 saturated heterocycles. The van der Waals surface area contributed by atoms with Crippen molar-refractivity contribution in [1.29, 1.82) is 0 Å². The molecule has 0 bridgehead atoms. The van der Waals surface area contributed by atoms with Crippen molar-refractivity contribution in [1.82, 2.24) is 9.78 Å². The maximum absolute atomic E-state index is 12.1. The number of aryl methyl sites for hydroxylation is 1. The number of nitrogens with zero attached hydrogens (tertiary/aromatic N) is 2. The van der Waals surface area contributed by atoms with Gasteiger partial charge in [-0.15, -0.1) is 0 Å². The van der Waals surface area contributed by atoms with E-state index in [0.29, 0.717) is 23.6 Å². The molecule has 3 rings (SSSR count). The minimum absolute atomic E-state index is 0.00788. The molecule has 0 unspecified atom stereocenters. The average molecular weight is 270 g/mol. The van der Waals surface area contributed by atoms with Gasteiger partial charge < -0.3 is 4.74 Å². The van der Waals surface area contributed by atoms with Crippen LogP contribution in [0.25, 0.3) is 5.69 Å². The molecular weight excluding hydrogens is 256 g/mol. The largest absolute Gasteiger partial charge is 0.497 e. The van der Waals surface area contributed by atoms with Crippen LogP contribution in [0.4, 0.5) is 0 Å². The van der Waals surface area contributed by atoms with Crippen LogP contribution in [0.15, 0.2) is 35.1 Å². The van der Waals surface area contributed by atoms with Crippen LogP contribution in [0.5, 0.6) is 5.75 Å². The minimum atomic E-state index is -0.219. The van der Waals surface area contributed by atoms with Gasteiger partial charge in [0.05, 0.1) is 12.8 Å². The third-order valence-corrected chi connectivity index (χ3v) is 3.44. The summed E-state index contributed by atoms with van der Waals surface area (Å²) in [6.45, 7) is 0. The number of benzene rings is 1. The van der Waals surface area contributed by atoms with Gasteiger partial charge in [-0.1, -0.05) is 0 Å². The quantitative estimate of drug-likeness (QED) is 0.834. The minimum Gasteiger partial charge on any atom is -0.497 e. The number of Topliss-reactive ketones (excluding diaryl/α,β-unsaturated/α-hetero) is 1. The number of aromatic nitrogens is 2. The smallest absolute Gasteiger partial charge is 0.271 e. The van der Waals surface area contributed by atoms with Crippen molar-refractivity contribution in [2.45, 2.75) is 19.3 Å². The molecule has 2 aromatic rings.